The van der Waals surface area contributed by atoms with E-state index in [9.17, 15) is 82.3 Å². The fraction of sp³-hybridized carbons (Fsp3) is 0.526. The molecule has 6 aliphatic rings. The Hall–Kier alpha value is -7.69. The fourth-order valence-electron chi connectivity index (χ4n) is 15.2. The summed E-state index contributed by atoms with van der Waals surface area (Å²) in [6.45, 7) is 2.62. The van der Waals surface area contributed by atoms with Gasteiger partial charge in [-0.1, -0.05) is 11.6 Å². The molecule has 22 nitrogen and oxygen atoms in total. The van der Waals surface area contributed by atoms with Crippen LogP contribution in [0.4, 0.5) is 74.1 Å². The second-order valence-corrected chi connectivity index (χ2v) is 34.2. The van der Waals surface area contributed by atoms with E-state index in [2.05, 4.69) is 28.9 Å². The van der Waals surface area contributed by atoms with E-state index in [0.717, 1.165) is 68.9 Å². The van der Waals surface area contributed by atoms with Crippen molar-refractivity contribution in [3.05, 3.63) is 137 Å². The second-order valence-electron chi connectivity index (χ2n) is 28.6. The van der Waals surface area contributed by atoms with Crippen molar-refractivity contribution in [2.75, 3.05) is 141 Å². The molecule has 0 unspecified atom stereocenters. The Morgan fingerprint density at radius 2 is 0.661 bits per heavy atom. The van der Waals surface area contributed by atoms with Gasteiger partial charge in [-0.3, -0.25) is 14.7 Å². The fourth-order valence-corrected chi connectivity index (χ4v) is 19.5. The van der Waals surface area contributed by atoms with Crippen molar-refractivity contribution in [2.24, 2.45) is 0 Å². The van der Waals surface area contributed by atoms with Crippen LogP contribution in [-0.4, -0.2) is 222 Å². The van der Waals surface area contributed by atoms with E-state index in [1.165, 1.54) is 95.2 Å². The molecular weight excluding hydrogens is 1630 g/mol. The third-order valence-electron chi connectivity index (χ3n) is 21.0. The number of hydrogen-bond donors (Lipinski definition) is 3. The molecule has 3 N–H and O–H groups in total. The van der Waals surface area contributed by atoms with Crippen molar-refractivity contribution < 1.29 is 115 Å². The predicted octanol–water partition coefficient (Wildman–Crippen LogP) is 13.4. The highest BCUT2D eigenvalue weighted by molar-refractivity contribution is 7.90. The van der Waals surface area contributed by atoms with Gasteiger partial charge in [-0.15, -0.1) is 0 Å². The Morgan fingerprint density at radius 3 is 1.01 bits per heavy atom. The van der Waals surface area contributed by atoms with Crippen molar-refractivity contribution in [1.82, 2.24) is 28.9 Å². The topological polar surface area (TPSA) is 223 Å². The number of nitrogens with one attached hydrogen (secondary N) is 3. The molecule has 3 heterocycles. The normalized spacial score (nSPS) is 21.3. The molecule has 0 atom stereocenters. The summed E-state index contributed by atoms with van der Waals surface area (Å²) in [7, 11) is -5.68. The quantitative estimate of drug-likeness (QED) is 0.0453. The van der Waals surface area contributed by atoms with Crippen LogP contribution >= 0.6 is 11.6 Å². The molecule has 6 fully saturated rings. The Labute approximate surface area is 665 Å². The molecule has 6 aromatic rings. The summed E-state index contributed by atoms with van der Waals surface area (Å²) < 4.78 is 290. The molecule has 0 aromatic heterocycles. The maximum absolute atomic E-state index is 14.1. The summed E-state index contributed by atoms with van der Waals surface area (Å²) in [6, 6.07) is 23.0. The standard InChI is InChI=1S/2C26H33F4N3O5S.C24H27ClF5N3O3S/c2*1-36-24-10-8-21(16-25(24)37-2)39(34,35)31-19-4-6-20(7-5-19)32-11-13-33(14-12-32)22-15-18(27)3-9-23(22)38-17-26(28,29)30;25-16-1-7-20(27)23(13-16)37(34,35)31-18-3-5-19(6-4-18)32-9-11-33(12-10-32)21-8-2-17(26)14-22(21)36-15-24(28,29)30/h2*3,8-10,15-16,19-20,31H,4-7,11-14,17H2,1-2H3;1-2,7-8,13-14,18-19,31H,3-6,9-12,15H2. The molecule has 3 aliphatic carbocycles. The lowest BCUT2D eigenvalue weighted by atomic mass is 9.90. The first-order valence-corrected chi connectivity index (χ1v) is 42.1. The van der Waals surface area contributed by atoms with Crippen molar-refractivity contribution in [3.8, 4) is 40.2 Å². The molecule has 636 valence electrons. The molecule has 0 bridgehead atoms. The monoisotopic (exact) mass is 1720 g/mol. The number of ether oxygens (including phenoxy) is 7. The van der Waals surface area contributed by atoms with Crippen molar-refractivity contribution in [2.45, 2.75) is 147 Å². The first-order chi connectivity index (χ1) is 54.4. The van der Waals surface area contributed by atoms with Crippen LogP contribution in [0.15, 0.2) is 124 Å². The number of methoxy groups -OCH3 is 4. The van der Waals surface area contributed by atoms with E-state index < -0.39 is 96.6 Å². The maximum Gasteiger partial charge on any atom is 0.422 e. The lowest BCUT2D eigenvalue weighted by Gasteiger charge is -2.43. The van der Waals surface area contributed by atoms with E-state index >= 15 is 0 Å². The van der Waals surface area contributed by atoms with Crippen LogP contribution in [0.3, 0.4) is 0 Å². The van der Waals surface area contributed by atoms with Gasteiger partial charge in [0.1, 0.15) is 45.4 Å². The number of benzene rings is 6. The zero-order chi connectivity index (χ0) is 83.2. The van der Waals surface area contributed by atoms with E-state index in [-0.39, 0.29) is 68.3 Å². The zero-order valence-corrected chi connectivity index (χ0v) is 66.7. The summed E-state index contributed by atoms with van der Waals surface area (Å²) >= 11 is 5.83. The number of alkyl halides is 9. The average Bonchev–Trinajstić information content (AvgIpc) is 0.803. The summed E-state index contributed by atoms with van der Waals surface area (Å²) in [4.78, 5) is 12.2. The van der Waals surface area contributed by atoms with Crippen LogP contribution in [0.2, 0.25) is 5.02 Å². The van der Waals surface area contributed by atoms with Crippen LogP contribution < -0.4 is 62.0 Å². The van der Waals surface area contributed by atoms with Gasteiger partial charge < -0.3 is 47.9 Å². The van der Waals surface area contributed by atoms with Gasteiger partial charge >= 0.3 is 18.5 Å². The molecule has 3 aliphatic heterocycles. The van der Waals surface area contributed by atoms with Gasteiger partial charge in [-0.05, 0) is 156 Å². The largest absolute Gasteiger partial charge is 0.493 e. The Morgan fingerprint density at radius 1 is 0.348 bits per heavy atom. The Balaban J connectivity index is 0.000000182. The smallest absolute Gasteiger partial charge is 0.422 e. The summed E-state index contributed by atoms with van der Waals surface area (Å²) in [5, 5.41) is 0.129. The highest BCUT2D eigenvalue weighted by Gasteiger charge is 2.38. The van der Waals surface area contributed by atoms with E-state index in [1.807, 2.05) is 14.7 Å². The van der Waals surface area contributed by atoms with Gasteiger partial charge in [0, 0.05) is 150 Å². The zero-order valence-electron chi connectivity index (χ0n) is 63.5. The molecule has 6 aromatic carbocycles. The van der Waals surface area contributed by atoms with Crippen LogP contribution in [-0.2, 0) is 30.1 Å². The van der Waals surface area contributed by atoms with Crippen LogP contribution in [0.1, 0.15) is 77.0 Å². The average molecular weight is 1720 g/mol. The van der Waals surface area contributed by atoms with E-state index in [0.29, 0.717) is 157 Å². The van der Waals surface area contributed by atoms with Gasteiger partial charge in [-0.2, -0.15) is 39.5 Å². The molecule has 3 saturated carbocycles. The minimum Gasteiger partial charge on any atom is -0.493 e. The maximum atomic E-state index is 14.1. The molecule has 39 heteroatoms. The third kappa shape index (κ3) is 25.4. The number of sulfonamides is 3. The minimum atomic E-state index is -4.53. The second kappa shape index (κ2) is 39.3. The molecule has 115 heavy (non-hydrogen) atoms. The van der Waals surface area contributed by atoms with E-state index in [1.54, 1.807) is 12.1 Å². The summed E-state index contributed by atoms with van der Waals surface area (Å²) in [5.41, 5.74) is 1.04. The van der Waals surface area contributed by atoms with Gasteiger partial charge in [0.15, 0.2) is 42.8 Å². The lowest BCUT2D eigenvalue weighted by Crippen LogP contribution is -2.52. The van der Waals surface area contributed by atoms with Gasteiger partial charge in [-0.25, -0.2) is 57.0 Å². The van der Waals surface area contributed by atoms with Gasteiger partial charge in [0.05, 0.1) is 55.3 Å². The first-order valence-electron chi connectivity index (χ1n) is 37.3. The Kier molecular flexibility index (Phi) is 30.6. The molecule has 0 radical (unpaired) electrons. The van der Waals surface area contributed by atoms with Crippen molar-refractivity contribution in [3.63, 3.8) is 0 Å². The molecule has 3 saturated heterocycles. The summed E-state index contributed by atoms with van der Waals surface area (Å²) in [5.74, 6) is -1.20. The van der Waals surface area contributed by atoms with Crippen molar-refractivity contribution in [1.29, 1.82) is 0 Å². The molecular formula is C76H93ClF13N9O13S3. The Bertz CT molecular complexity index is 4370. The minimum absolute atomic E-state index is 0.00412. The molecule has 0 amide bonds. The first kappa shape index (κ1) is 89.7. The van der Waals surface area contributed by atoms with Crippen LogP contribution in [0.25, 0.3) is 0 Å². The molecule has 0 spiro atoms. The third-order valence-corrected chi connectivity index (χ3v) is 25.8. The highest BCUT2D eigenvalue weighted by Crippen LogP contribution is 2.39. The number of nitrogens with zero attached hydrogens (tertiary/aromatic N) is 6. The predicted molar refractivity (Wildman–Crippen MR) is 405 cm³/mol. The van der Waals surface area contributed by atoms with Crippen LogP contribution in [0, 0.1) is 23.3 Å². The highest BCUT2D eigenvalue weighted by atomic mass is 35.5. The number of piperazine rings is 3. The molecule has 12 rings (SSSR count). The van der Waals surface area contributed by atoms with Crippen LogP contribution in [0.5, 0.6) is 40.2 Å². The summed E-state index contributed by atoms with van der Waals surface area (Å²) in [6.07, 6.45) is -4.94. The van der Waals surface area contributed by atoms with E-state index in [4.69, 9.17) is 44.8 Å². The lowest BCUT2D eigenvalue weighted by molar-refractivity contribution is -0.154. The number of hydrogen-bond acceptors (Lipinski definition) is 19. The number of rotatable bonds is 25. The van der Waals surface area contributed by atoms with Crippen molar-refractivity contribution >= 4 is 58.7 Å². The van der Waals surface area contributed by atoms with Gasteiger partial charge in [0.25, 0.3) is 0 Å². The number of anilines is 3. The van der Waals surface area contributed by atoms with Gasteiger partial charge in [0.2, 0.25) is 30.1 Å². The number of halogens is 14. The SMILES string of the molecule is COc1ccc(S(=O)(=O)NC2CCC(N3CCN(c4cc(F)ccc4OCC(F)(F)F)CC3)CC2)cc1OC.COc1ccc(S(=O)(=O)NC2CCC(N3CCN(c4cc(F)ccc4OCC(F)(F)F)CC3)CC2)cc1OC.O=S(=O)(NC1CCC(N2CCN(c3ccc(F)cc3OCC(F)(F)F)CC2)CC1)c1cc(Cl)ccc1F.